The van der Waals surface area contributed by atoms with Crippen molar-refractivity contribution in [3.63, 3.8) is 0 Å². The lowest BCUT2D eigenvalue weighted by atomic mass is 10.1. The molecule has 2 N–H and O–H groups in total. The molecule has 0 heterocycles. The van der Waals surface area contributed by atoms with E-state index in [9.17, 15) is 0 Å². The standard InChI is InChI=1S/C15H21NOS/c1-3-4-10-18-12-13-7-8-15(17-2)14(11-13)6-5-9-16/h7-8,11H,3-4,9-10,12,16H2,1-2H3. The zero-order chi connectivity index (χ0) is 13.2. The third kappa shape index (κ3) is 5.03. The maximum atomic E-state index is 5.40. The highest BCUT2D eigenvalue weighted by Gasteiger charge is 2.02. The van der Waals surface area contributed by atoms with Gasteiger partial charge in [0.1, 0.15) is 5.75 Å². The second-order valence-electron chi connectivity index (χ2n) is 3.95. The Morgan fingerprint density at radius 3 is 2.89 bits per heavy atom. The number of unbranched alkanes of at least 4 members (excludes halogenated alkanes) is 1. The fraction of sp³-hybridized carbons (Fsp3) is 0.467. The minimum atomic E-state index is 0.374. The molecule has 1 aromatic rings. The molecule has 0 spiro atoms. The van der Waals surface area contributed by atoms with E-state index < -0.39 is 0 Å². The molecule has 0 saturated carbocycles. The van der Waals surface area contributed by atoms with Crippen LogP contribution in [0.25, 0.3) is 0 Å². The van der Waals surface area contributed by atoms with Gasteiger partial charge in [-0.25, -0.2) is 0 Å². The molecular formula is C15H21NOS. The first-order valence-electron chi connectivity index (χ1n) is 6.25. The van der Waals surface area contributed by atoms with Crippen molar-refractivity contribution in [1.29, 1.82) is 0 Å². The number of rotatable bonds is 6. The number of thioether (sulfide) groups is 1. The van der Waals surface area contributed by atoms with Gasteiger partial charge in [-0.3, -0.25) is 0 Å². The zero-order valence-electron chi connectivity index (χ0n) is 11.2. The first-order valence-corrected chi connectivity index (χ1v) is 7.40. The first kappa shape index (κ1) is 14.9. The number of nitrogens with two attached hydrogens (primary N) is 1. The molecule has 18 heavy (non-hydrogen) atoms. The molecule has 0 amide bonds. The molecule has 0 radical (unpaired) electrons. The minimum absolute atomic E-state index is 0.374. The Hall–Kier alpha value is -1.11. The number of hydrogen-bond donors (Lipinski definition) is 1. The summed E-state index contributed by atoms with van der Waals surface area (Å²) in [6, 6.07) is 6.18. The molecule has 0 unspecified atom stereocenters. The Morgan fingerprint density at radius 2 is 2.22 bits per heavy atom. The highest BCUT2D eigenvalue weighted by molar-refractivity contribution is 7.98. The van der Waals surface area contributed by atoms with E-state index in [0.717, 1.165) is 17.1 Å². The molecule has 98 valence electrons. The first-order chi connectivity index (χ1) is 8.81. The number of methoxy groups -OCH3 is 1. The molecule has 0 aromatic heterocycles. The topological polar surface area (TPSA) is 35.2 Å². The van der Waals surface area contributed by atoms with E-state index in [1.165, 1.54) is 24.2 Å². The molecule has 0 aliphatic heterocycles. The molecule has 0 saturated heterocycles. The van der Waals surface area contributed by atoms with Crippen molar-refractivity contribution in [2.24, 2.45) is 5.73 Å². The molecule has 0 aliphatic rings. The van der Waals surface area contributed by atoms with Crippen LogP contribution >= 0.6 is 11.8 Å². The van der Waals surface area contributed by atoms with E-state index in [1.807, 2.05) is 17.8 Å². The van der Waals surface area contributed by atoms with Crippen LogP contribution in [0.4, 0.5) is 0 Å². The molecule has 0 atom stereocenters. The van der Waals surface area contributed by atoms with Crippen molar-refractivity contribution in [2.75, 3.05) is 19.4 Å². The molecular weight excluding hydrogens is 242 g/mol. The van der Waals surface area contributed by atoms with Crippen molar-refractivity contribution < 1.29 is 4.74 Å². The van der Waals surface area contributed by atoms with Gasteiger partial charge >= 0.3 is 0 Å². The van der Waals surface area contributed by atoms with Crippen LogP contribution in [0.3, 0.4) is 0 Å². The van der Waals surface area contributed by atoms with E-state index in [2.05, 4.69) is 30.9 Å². The van der Waals surface area contributed by atoms with Gasteiger partial charge < -0.3 is 10.5 Å². The predicted octanol–water partition coefficient (Wildman–Crippen LogP) is 3.04. The molecule has 2 nitrogen and oxygen atoms in total. The lowest BCUT2D eigenvalue weighted by molar-refractivity contribution is 0.413. The number of hydrogen-bond acceptors (Lipinski definition) is 3. The smallest absolute Gasteiger partial charge is 0.134 e. The minimum Gasteiger partial charge on any atom is -0.495 e. The monoisotopic (exact) mass is 263 g/mol. The summed E-state index contributed by atoms with van der Waals surface area (Å²) in [7, 11) is 1.67. The van der Waals surface area contributed by atoms with Gasteiger partial charge in [-0.1, -0.05) is 31.3 Å². The maximum Gasteiger partial charge on any atom is 0.134 e. The average molecular weight is 263 g/mol. The summed E-state index contributed by atoms with van der Waals surface area (Å²) in [6.45, 7) is 2.59. The van der Waals surface area contributed by atoms with Gasteiger partial charge in [0.2, 0.25) is 0 Å². The summed E-state index contributed by atoms with van der Waals surface area (Å²) < 4.78 is 5.29. The van der Waals surface area contributed by atoms with Crippen LogP contribution in [0, 0.1) is 11.8 Å². The maximum absolute atomic E-state index is 5.40. The van der Waals surface area contributed by atoms with Gasteiger partial charge in [0.25, 0.3) is 0 Å². The molecule has 0 aliphatic carbocycles. The summed E-state index contributed by atoms with van der Waals surface area (Å²) in [5.41, 5.74) is 7.62. The predicted molar refractivity (Wildman–Crippen MR) is 80.0 cm³/mol. The second-order valence-corrected chi connectivity index (χ2v) is 5.05. The van der Waals surface area contributed by atoms with Gasteiger partial charge in [0, 0.05) is 5.75 Å². The van der Waals surface area contributed by atoms with E-state index in [1.54, 1.807) is 7.11 Å². The van der Waals surface area contributed by atoms with E-state index >= 15 is 0 Å². The molecule has 1 aromatic carbocycles. The molecule has 3 heteroatoms. The lowest BCUT2D eigenvalue weighted by Crippen LogP contribution is -1.95. The number of ether oxygens (including phenoxy) is 1. The molecule has 0 fully saturated rings. The Balaban J connectivity index is 2.70. The average Bonchev–Trinajstić information content (AvgIpc) is 2.41. The van der Waals surface area contributed by atoms with E-state index in [-0.39, 0.29) is 0 Å². The van der Waals surface area contributed by atoms with Crippen LogP contribution in [0.2, 0.25) is 0 Å². The lowest BCUT2D eigenvalue weighted by Gasteiger charge is -2.06. The normalized spacial score (nSPS) is 9.72. The molecule has 0 bridgehead atoms. The van der Waals surface area contributed by atoms with Crippen LogP contribution in [-0.2, 0) is 5.75 Å². The second kappa shape index (κ2) is 8.91. The summed E-state index contributed by atoms with van der Waals surface area (Å²) >= 11 is 1.96. The van der Waals surface area contributed by atoms with E-state index in [0.29, 0.717) is 6.54 Å². The fourth-order valence-corrected chi connectivity index (χ4v) is 2.58. The quantitative estimate of drug-likeness (QED) is 0.633. The summed E-state index contributed by atoms with van der Waals surface area (Å²) in [5, 5.41) is 0. The summed E-state index contributed by atoms with van der Waals surface area (Å²) in [4.78, 5) is 0. The van der Waals surface area contributed by atoms with Crippen LogP contribution in [-0.4, -0.2) is 19.4 Å². The van der Waals surface area contributed by atoms with Gasteiger partial charge in [-0.2, -0.15) is 11.8 Å². The summed E-state index contributed by atoms with van der Waals surface area (Å²) in [6.07, 6.45) is 2.53. The Bertz CT molecular complexity index is 420. The van der Waals surface area contributed by atoms with Crippen molar-refractivity contribution >= 4 is 11.8 Å². The van der Waals surface area contributed by atoms with Crippen molar-refractivity contribution in [2.45, 2.75) is 25.5 Å². The third-order valence-electron chi connectivity index (χ3n) is 2.50. The number of benzene rings is 1. The van der Waals surface area contributed by atoms with Crippen LogP contribution < -0.4 is 10.5 Å². The highest BCUT2D eigenvalue weighted by atomic mass is 32.2. The Labute approximate surface area is 114 Å². The highest BCUT2D eigenvalue weighted by Crippen LogP contribution is 2.22. The van der Waals surface area contributed by atoms with Crippen molar-refractivity contribution in [1.82, 2.24) is 0 Å². The largest absolute Gasteiger partial charge is 0.495 e. The van der Waals surface area contributed by atoms with Crippen LogP contribution in [0.5, 0.6) is 5.75 Å². The van der Waals surface area contributed by atoms with Crippen LogP contribution in [0.1, 0.15) is 30.9 Å². The van der Waals surface area contributed by atoms with Gasteiger partial charge in [-0.05, 0) is 29.9 Å². The fourth-order valence-electron chi connectivity index (χ4n) is 1.53. The Morgan fingerprint density at radius 1 is 1.39 bits per heavy atom. The summed E-state index contributed by atoms with van der Waals surface area (Å²) in [5.74, 6) is 8.99. The van der Waals surface area contributed by atoms with Gasteiger partial charge in [0.05, 0.1) is 19.2 Å². The third-order valence-corrected chi connectivity index (χ3v) is 3.61. The SMILES string of the molecule is CCCCSCc1ccc(OC)c(C#CCN)c1. The van der Waals surface area contributed by atoms with E-state index in [4.69, 9.17) is 10.5 Å². The van der Waals surface area contributed by atoms with Gasteiger partial charge in [0.15, 0.2) is 0 Å². The Kier molecular flexibility index (Phi) is 7.40. The van der Waals surface area contributed by atoms with Crippen molar-refractivity contribution in [3.05, 3.63) is 29.3 Å². The zero-order valence-corrected chi connectivity index (χ0v) is 12.0. The van der Waals surface area contributed by atoms with Gasteiger partial charge in [-0.15, -0.1) is 0 Å². The van der Waals surface area contributed by atoms with Crippen molar-refractivity contribution in [3.8, 4) is 17.6 Å². The molecule has 1 rings (SSSR count). The van der Waals surface area contributed by atoms with Crippen LogP contribution in [0.15, 0.2) is 18.2 Å².